The molecule has 0 aliphatic carbocycles. The van der Waals surface area contributed by atoms with Gasteiger partial charge in [0.1, 0.15) is 0 Å². The van der Waals surface area contributed by atoms with Gasteiger partial charge in [0.15, 0.2) is 6.23 Å². The quantitative estimate of drug-likeness (QED) is 0.839. The second kappa shape index (κ2) is 5.15. The van der Waals surface area contributed by atoms with Crippen LogP contribution in [0, 0.1) is 0 Å². The number of ether oxygens (including phenoxy) is 1. The molecule has 1 unspecified atom stereocenters. The Kier molecular flexibility index (Phi) is 3.45. The molecule has 1 saturated heterocycles. The topological polar surface area (TPSA) is 58.6 Å². The van der Waals surface area contributed by atoms with Crippen LogP contribution in [0.4, 0.5) is 5.69 Å². The lowest BCUT2D eigenvalue weighted by Crippen LogP contribution is -2.50. The third-order valence-electron chi connectivity index (χ3n) is 4.46. The van der Waals surface area contributed by atoms with Gasteiger partial charge in [0, 0.05) is 6.92 Å². The summed E-state index contributed by atoms with van der Waals surface area (Å²) in [5.41, 5.74) is 1.48. The second-order valence-corrected chi connectivity index (χ2v) is 5.73. The average Bonchev–Trinajstić information content (AvgIpc) is 2.69. The van der Waals surface area contributed by atoms with Crippen LogP contribution in [0.1, 0.15) is 32.3 Å². The molecule has 2 aliphatic rings. The highest BCUT2D eigenvalue weighted by molar-refractivity contribution is 6.08. The molecule has 1 atom stereocenters. The maximum absolute atomic E-state index is 13.1. The maximum Gasteiger partial charge on any atom is 0.304 e. The Morgan fingerprint density at radius 3 is 2.67 bits per heavy atom. The summed E-state index contributed by atoms with van der Waals surface area (Å²) in [7, 11) is 0. The van der Waals surface area contributed by atoms with E-state index in [1.807, 2.05) is 24.3 Å². The molecule has 2 heterocycles. The van der Waals surface area contributed by atoms with Crippen LogP contribution in [0.2, 0.25) is 0 Å². The average molecular weight is 288 g/mol. The van der Waals surface area contributed by atoms with Crippen LogP contribution in [-0.4, -0.2) is 31.2 Å². The van der Waals surface area contributed by atoms with Crippen LogP contribution < -0.4 is 10.2 Å². The molecular weight excluding hydrogens is 268 g/mol. The van der Waals surface area contributed by atoms with E-state index >= 15 is 0 Å². The number of carbonyl (C=O) groups excluding carboxylic acids is 2. The standard InChI is InChI=1S/C16H20N2O3/c1-11(21-12(2)19)18-14-6-4-3-5-13(14)16(15(18)20)7-9-17-10-8-16/h3-6,11,17H,7-10H2,1-2H3. The van der Waals surface area contributed by atoms with Crippen LogP contribution >= 0.6 is 0 Å². The third kappa shape index (κ3) is 2.12. The number of hydrogen-bond acceptors (Lipinski definition) is 4. The minimum Gasteiger partial charge on any atom is -0.442 e. The summed E-state index contributed by atoms with van der Waals surface area (Å²) >= 11 is 0. The van der Waals surface area contributed by atoms with Gasteiger partial charge in [-0.15, -0.1) is 0 Å². The van der Waals surface area contributed by atoms with E-state index < -0.39 is 11.6 Å². The summed E-state index contributed by atoms with van der Waals surface area (Å²) in [6.07, 6.45) is 0.989. The predicted molar refractivity (Wildman–Crippen MR) is 78.9 cm³/mol. The van der Waals surface area contributed by atoms with Crippen molar-refractivity contribution >= 4 is 17.6 Å². The Hall–Kier alpha value is -1.88. The van der Waals surface area contributed by atoms with Gasteiger partial charge in [-0.05, 0) is 44.5 Å². The summed E-state index contributed by atoms with van der Waals surface area (Å²) in [6, 6.07) is 7.85. The molecule has 3 rings (SSSR count). The van der Waals surface area contributed by atoms with Crippen LogP contribution in [0.25, 0.3) is 0 Å². The van der Waals surface area contributed by atoms with E-state index in [2.05, 4.69) is 5.32 Å². The van der Waals surface area contributed by atoms with Gasteiger partial charge in [0.05, 0.1) is 11.1 Å². The van der Waals surface area contributed by atoms with Crippen molar-refractivity contribution in [2.24, 2.45) is 0 Å². The normalized spacial score (nSPS) is 21.2. The highest BCUT2D eigenvalue weighted by Gasteiger charge is 2.52. The van der Waals surface area contributed by atoms with Gasteiger partial charge in [-0.3, -0.25) is 14.5 Å². The molecule has 1 amide bonds. The van der Waals surface area contributed by atoms with Crippen LogP contribution in [0.15, 0.2) is 24.3 Å². The van der Waals surface area contributed by atoms with E-state index in [1.165, 1.54) is 6.92 Å². The zero-order valence-corrected chi connectivity index (χ0v) is 12.4. The molecule has 0 aromatic heterocycles. The summed E-state index contributed by atoms with van der Waals surface area (Å²) in [5.74, 6) is -0.321. The molecule has 0 radical (unpaired) electrons. The molecule has 1 aromatic rings. The Morgan fingerprint density at radius 1 is 1.33 bits per heavy atom. The van der Waals surface area contributed by atoms with Crippen LogP contribution in [0.3, 0.4) is 0 Å². The maximum atomic E-state index is 13.1. The monoisotopic (exact) mass is 288 g/mol. The van der Waals surface area contributed by atoms with E-state index in [1.54, 1.807) is 11.8 Å². The zero-order valence-electron chi connectivity index (χ0n) is 12.4. The van der Waals surface area contributed by atoms with Crippen molar-refractivity contribution in [1.29, 1.82) is 0 Å². The number of hydrogen-bond donors (Lipinski definition) is 1. The summed E-state index contributed by atoms with van der Waals surface area (Å²) in [5, 5.41) is 3.31. The van der Waals surface area contributed by atoms with Gasteiger partial charge in [-0.2, -0.15) is 0 Å². The number of benzene rings is 1. The Labute approximate surface area is 124 Å². The van der Waals surface area contributed by atoms with E-state index in [4.69, 9.17) is 4.74 Å². The number of piperidine rings is 1. The van der Waals surface area contributed by atoms with E-state index in [-0.39, 0.29) is 11.9 Å². The fourth-order valence-corrected chi connectivity index (χ4v) is 3.53. The van der Waals surface area contributed by atoms with Crippen molar-refractivity contribution in [3.05, 3.63) is 29.8 Å². The van der Waals surface area contributed by atoms with Crippen molar-refractivity contribution < 1.29 is 14.3 Å². The number of esters is 1. The molecule has 21 heavy (non-hydrogen) atoms. The summed E-state index contributed by atoms with van der Waals surface area (Å²) in [4.78, 5) is 25.9. The van der Waals surface area contributed by atoms with Gasteiger partial charge >= 0.3 is 5.97 Å². The minimum absolute atomic E-state index is 0.0546. The molecule has 5 nitrogen and oxygen atoms in total. The van der Waals surface area contributed by atoms with E-state index in [9.17, 15) is 9.59 Å². The van der Waals surface area contributed by atoms with Gasteiger partial charge < -0.3 is 10.1 Å². The molecular formula is C16H20N2O3. The lowest BCUT2D eigenvalue weighted by atomic mass is 9.74. The number of nitrogens with one attached hydrogen (secondary N) is 1. The van der Waals surface area contributed by atoms with Crippen molar-refractivity contribution in [2.75, 3.05) is 18.0 Å². The van der Waals surface area contributed by atoms with E-state index in [0.717, 1.165) is 37.2 Å². The molecule has 1 N–H and O–H groups in total. The fraction of sp³-hybridized carbons (Fsp3) is 0.500. The summed E-state index contributed by atoms with van der Waals surface area (Å²) in [6.45, 7) is 4.77. The van der Waals surface area contributed by atoms with Crippen molar-refractivity contribution in [3.63, 3.8) is 0 Å². The smallest absolute Gasteiger partial charge is 0.304 e. The molecule has 112 valence electrons. The first-order chi connectivity index (χ1) is 10.1. The molecule has 0 saturated carbocycles. The zero-order chi connectivity index (χ0) is 15.0. The highest BCUT2D eigenvalue weighted by Crippen LogP contribution is 2.47. The van der Waals surface area contributed by atoms with Gasteiger partial charge in [-0.25, -0.2) is 0 Å². The first-order valence-corrected chi connectivity index (χ1v) is 7.37. The molecule has 2 aliphatic heterocycles. The Bertz CT molecular complexity index is 579. The van der Waals surface area contributed by atoms with Gasteiger partial charge in [0.2, 0.25) is 5.91 Å². The summed E-state index contributed by atoms with van der Waals surface area (Å²) < 4.78 is 5.25. The highest BCUT2D eigenvalue weighted by atomic mass is 16.6. The molecule has 1 fully saturated rings. The SMILES string of the molecule is CC(=O)OC(C)N1C(=O)C2(CCNCC2)c2ccccc21. The number of rotatable bonds is 2. The third-order valence-corrected chi connectivity index (χ3v) is 4.46. The minimum atomic E-state index is -0.578. The number of anilines is 1. The van der Waals surface area contributed by atoms with Gasteiger partial charge in [0.25, 0.3) is 0 Å². The Morgan fingerprint density at radius 2 is 2.00 bits per heavy atom. The first kappa shape index (κ1) is 14.1. The van der Waals surface area contributed by atoms with E-state index in [0.29, 0.717) is 0 Å². The second-order valence-electron chi connectivity index (χ2n) is 5.73. The van der Waals surface area contributed by atoms with Crippen LogP contribution in [0.5, 0.6) is 0 Å². The van der Waals surface area contributed by atoms with Crippen molar-refractivity contribution in [3.8, 4) is 0 Å². The number of fused-ring (bicyclic) bond motifs is 2. The van der Waals surface area contributed by atoms with Crippen molar-refractivity contribution in [2.45, 2.75) is 38.3 Å². The Balaban J connectivity index is 2.04. The molecule has 5 heteroatoms. The molecule has 1 spiro atoms. The molecule has 0 bridgehead atoms. The van der Waals surface area contributed by atoms with Gasteiger partial charge in [-0.1, -0.05) is 18.2 Å². The number of carbonyl (C=O) groups is 2. The lowest BCUT2D eigenvalue weighted by Gasteiger charge is -2.33. The predicted octanol–water partition coefficient (Wildman–Crippen LogP) is 1.56. The number of amides is 1. The largest absolute Gasteiger partial charge is 0.442 e. The first-order valence-electron chi connectivity index (χ1n) is 7.37. The van der Waals surface area contributed by atoms with Crippen molar-refractivity contribution in [1.82, 2.24) is 5.32 Å². The molecule has 1 aromatic carbocycles. The lowest BCUT2D eigenvalue weighted by molar-refractivity contribution is -0.146. The number of para-hydroxylation sites is 1. The van der Waals surface area contributed by atoms with Crippen LogP contribution in [-0.2, 0) is 19.7 Å². The fourth-order valence-electron chi connectivity index (χ4n) is 3.53. The number of nitrogens with zero attached hydrogens (tertiary/aromatic N) is 1.